The molecular weight excluding hydrogens is 382 g/mol. The lowest BCUT2D eigenvalue weighted by Gasteiger charge is -2.60. The van der Waals surface area contributed by atoms with E-state index < -0.39 is 23.5 Å². The molecule has 0 saturated heterocycles. The number of aliphatic hydroxyl groups is 1. The molecule has 4 bridgehead atoms. The predicted octanol–water partition coefficient (Wildman–Crippen LogP) is 2.57. The molecule has 5 atom stereocenters. The van der Waals surface area contributed by atoms with Crippen molar-refractivity contribution in [3.05, 3.63) is 35.9 Å². The summed E-state index contributed by atoms with van der Waals surface area (Å²) in [4.78, 5) is 36.7. The van der Waals surface area contributed by atoms with Crippen LogP contribution in [0.3, 0.4) is 0 Å². The molecule has 5 rings (SSSR count). The summed E-state index contributed by atoms with van der Waals surface area (Å²) in [5.41, 5.74) is 0.157. The van der Waals surface area contributed by atoms with Crippen LogP contribution in [0.1, 0.15) is 57.4 Å². The van der Waals surface area contributed by atoms with E-state index in [1.54, 1.807) is 0 Å². The molecule has 2 N–H and O–H groups in total. The Balaban J connectivity index is 1.27. The van der Waals surface area contributed by atoms with Gasteiger partial charge in [0.25, 0.3) is 5.91 Å². The van der Waals surface area contributed by atoms with E-state index in [0.717, 1.165) is 37.7 Å². The minimum absolute atomic E-state index is 0.139. The molecule has 0 radical (unpaired) electrons. The molecule has 1 aromatic rings. The summed E-state index contributed by atoms with van der Waals surface area (Å²) in [7, 11) is 0. The highest BCUT2D eigenvalue weighted by atomic mass is 16.5. The third-order valence-corrected chi connectivity index (χ3v) is 7.14. The summed E-state index contributed by atoms with van der Waals surface area (Å²) in [5.74, 6) is 0.00502. The summed E-state index contributed by atoms with van der Waals surface area (Å²) >= 11 is 0. The maximum absolute atomic E-state index is 12.5. The number of ketones is 1. The van der Waals surface area contributed by atoms with Gasteiger partial charge in [-0.1, -0.05) is 30.3 Å². The van der Waals surface area contributed by atoms with Crippen LogP contribution in [0.4, 0.5) is 0 Å². The zero-order valence-corrected chi connectivity index (χ0v) is 17.6. The van der Waals surface area contributed by atoms with Gasteiger partial charge in [-0.05, 0) is 74.7 Å². The van der Waals surface area contributed by atoms with Gasteiger partial charge < -0.3 is 15.2 Å². The van der Waals surface area contributed by atoms with Crippen molar-refractivity contribution in [2.24, 2.45) is 17.3 Å². The van der Waals surface area contributed by atoms with E-state index in [9.17, 15) is 19.5 Å². The van der Waals surface area contributed by atoms with Crippen LogP contribution in [0, 0.1) is 17.3 Å². The first-order valence-corrected chi connectivity index (χ1v) is 11.0. The Bertz CT molecular complexity index is 806. The number of benzene rings is 1. The molecule has 2 unspecified atom stereocenters. The van der Waals surface area contributed by atoms with Crippen LogP contribution in [0.2, 0.25) is 0 Å². The Morgan fingerprint density at radius 2 is 1.80 bits per heavy atom. The van der Waals surface area contributed by atoms with Crippen LogP contribution in [0.15, 0.2) is 30.3 Å². The zero-order valence-electron chi connectivity index (χ0n) is 17.6. The molecule has 0 spiro atoms. The van der Waals surface area contributed by atoms with Crippen LogP contribution in [0.5, 0.6) is 0 Å². The van der Waals surface area contributed by atoms with Crippen molar-refractivity contribution in [2.75, 3.05) is 6.61 Å². The maximum Gasteiger partial charge on any atom is 0.306 e. The quantitative estimate of drug-likeness (QED) is 0.639. The highest BCUT2D eigenvalue weighted by Crippen LogP contribution is 2.62. The molecule has 4 aliphatic carbocycles. The number of rotatable bonds is 8. The minimum atomic E-state index is -0.643. The molecule has 0 heterocycles. The molecule has 1 amide bonds. The molecule has 0 aliphatic heterocycles. The molecular formula is C24H31NO5. The summed E-state index contributed by atoms with van der Waals surface area (Å²) in [5, 5.41) is 13.5. The van der Waals surface area contributed by atoms with E-state index in [2.05, 4.69) is 5.32 Å². The zero-order chi connectivity index (χ0) is 21.4. The fourth-order valence-corrected chi connectivity index (χ4v) is 6.49. The number of ether oxygens (including phenoxy) is 1. The van der Waals surface area contributed by atoms with E-state index in [1.165, 1.54) is 6.92 Å². The van der Waals surface area contributed by atoms with Gasteiger partial charge in [0.2, 0.25) is 0 Å². The van der Waals surface area contributed by atoms with Crippen molar-refractivity contribution in [1.82, 2.24) is 5.32 Å². The van der Waals surface area contributed by atoms with Crippen molar-refractivity contribution in [3.63, 3.8) is 0 Å². The first kappa shape index (κ1) is 21.0. The Labute approximate surface area is 177 Å². The normalized spacial score (nSPS) is 32.5. The van der Waals surface area contributed by atoms with Crippen LogP contribution in [-0.4, -0.2) is 41.0 Å². The van der Waals surface area contributed by atoms with Gasteiger partial charge in [0, 0.05) is 0 Å². The number of esters is 1. The third kappa shape index (κ3) is 4.75. The van der Waals surface area contributed by atoms with Gasteiger partial charge in [0.05, 0.1) is 18.1 Å². The fourth-order valence-electron chi connectivity index (χ4n) is 6.49. The van der Waals surface area contributed by atoms with E-state index in [4.69, 9.17) is 4.74 Å². The number of hydrogen-bond acceptors (Lipinski definition) is 5. The highest BCUT2D eigenvalue weighted by molar-refractivity contribution is 5.88. The van der Waals surface area contributed by atoms with Crippen molar-refractivity contribution >= 4 is 17.7 Å². The van der Waals surface area contributed by atoms with Gasteiger partial charge >= 0.3 is 5.97 Å². The number of amides is 1. The van der Waals surface area contributed by atoms with Crippen LogP contribution >= 0.6 is 0 Å². The third-order valence-electron chi connectivity index (χ3n) is 7.14. The van der Waals surface area contributed by atoms with Crippen LogP contribution in [0.25, 0.3) is 0 Å². The van der Waals surface area contributed by atoms with Gasteiger partial charge in [0.1, 0.15) is 0 Å². The number of Topliss-reactive ketones (excluding diaryl/α,β-unsaturated/α-hetero) is 1. The molecule has 30 heavy (non-hydrogen) atoms. The Hall–Kier alpha value is -2.21. The Morgan fingerprint density at radius 3 is 2.40 bits per heavy atom. The second-order valence-electron chi connectivity index (χ2n) is 9.94. The number of nitrogens with one attached hydrogen (secondary N) is 1. The Morgan fingerprint density at radius 1 is 1.13 bits per heavy atom. The monoisotopic (exact) mass is 413 g/mol. The topological polar surface area (TPSA) is 92.7 Å². The summed E-state index contributed by atoms with van der Waals surface area (Å²) < 4.78 is 5.26. The van der Waals surface area contributed by atoms with Crippen molar-refractivity contribution in [1.29, 1.82) is 0 Å². The molecule has 162 valence electrons. The molecule has 4 saturated carbocycles. The molecule has 0 aromatic heterocycles. The summed E-state index contributed by atoms with van der Waals surface area (Å²) in [6.45, 7) is 1.06. The number of hydrogen-bond donors (Lipinski definition) is 2. The van der Waals surface area contributed by atoms with Gasteiger partial charge in [0.15, 0.2) is 12.4 Å². The van der Waals surface area contributed by atoms with E-state index in [0.29, 0.717) is 24.7 Å². The Kier molecular flexibility index (Phi) is 5.71. The minimum Gasteiger partial charge on any atom is -0.456 e. The average Bonchev–Trinajstić information content (AvgIpc) is 2.64. The van der Waals surface area contributed by atoms with Crippen molar-refractivity contribution in [3.8, 4) is 0 Å². The largest absolute Gasteiger partial charge is 0.456 e. The lowest BCUT2D eigenvalue weighted by Crippen LogP contribution is -2.56. The van der Waals surface area contributed by atoms with Crippen LogP contribution < -0.4 is 5.32 Å². The molecule has 4 aliphatic rings. The van der Waals surface area contributed by atoms with Gasteiger partial charge in [-0.15, -0.1) is 0 Å². The smallest absolute Gasteiger partial charge is 0.306 e. The molecule has 4 fully saturated rings. The number of carbonyl (C=O) groups excluding carboxylic acids is 3. The van der Waals surface area contributed by atoms with E-state index in [-0.39, 0.29) is 24.2 Å². The van der Waals surface area contributed by atoms with E-state index in [1.807, 2.05) is 30.3 Å². The fraction of sp³-hybridized carbons (Fsp3) is 0.625. The van der Waals surface area contributed by atoms with Gasteiger partial charge in [-0.2, -0.15) is 0 Å². The van der Waals surface area contributed by atoms with E-state index >= 15 is 0 Å². The SMILES string of the molecule is CC(=O)[C@@H](Cc1ccccc1)NC(=O)COC(=O)CC12C[C@@H]3C[C@@H](CC(O)(C3)C1)C2. The van der Waals surface area contributed by atoms with Gasteiger partial charge in [-0.3, -0.25) is 14.4 Å². The summed E-state index contributed by atoms with van der Waals surface area (Å²) in [6.07, 6.45) is 6.14. The van der Waals surface area contributed by atoms with Crippen LogP contribution in [-0.2, 0) is 25.5 Å². The summed E-state index contributed by atoms with van der Waals surface area (Å²) in [6, 6.07) is 8.83. The first-order chi connectivity index (χ1) is 14.2. The lowest BCUT2D eigenvalue weighted by atomic mass is 9.47. The molecule has 1 aromatic carbocycles. The predicted molar refractivity (Wildman–Crippen MR) is 110 cm³/mol. The second-order valence-corrected chi connectivity index (χ2v) is 9.94. The van der Waals surface area contributed by atoms with Gasteiger partial charge in [-0.25, -0.2) is 0 Å². The van der Waals surface area contributed by atoms with Crippen molar-refractivity contribution in [2.45, 2.75) is 69.9 Å². The lowest BCUT2D eigenvalue weighted by molar-refractivity contribution is -0.177. The first-order valence-electron chi connectivity index (χ1n) is 11.0. The second kappa shape index (κ2) is 8.14. The molecule has 6 heteroatoms. The standard InChI is InChI=1S/C24H31NO5/c1-16(26)20(8-17-5-3-2-4-6-17)25-21(27)14-30-22(28)13-23-9-18-7-19(10-23)12-24(29,11-18)15-23/h2-6,18-20,29H,7-15H2,1H3,(H,25,27)/t18-,19+,20-,23?,24?/m1/s1. The maximum atomic E-state index is 12.5. The molecule has 6 nitrogen and oxygen atoms in total. The average molecular weight is 414 g/mol. The van der Waals surface area contributed by atoms with Crippen molar-refractivity contribution < 1.29 is 24.2 Å². The number of carbonyl (C=O) groups is 3. The highest BCUT2D eigenvalue weighted by Gasteiger charge is 2.57.